The van der Waals surface area contributed by atoms with Crippen molar-refractivity contribution < 1.29 is 5.11 Å². The highest BCUT2D eigenvalue weighted by atomic mass is 16.3. The van der Waals surface area contributed by atoms with Gasteiger partial charge in [-0.2, -0.15) is 5.10 Å². The number of benzene rings is 1. The van der Waals surface area contributed by atoms with Crippen molar-refractivity contribution in [3.05, 3.63) is 83.9 Å². The average molecular weight is 362 g/mol. The van der Waals surface area contributed by atoms with Crippen molar-refractivity contribution in [2.45, 2.75) is 32.0 Å². The van der Waals surface area contributed by atoms with Gasteiger partial charge in [-0.3, -0.25) is 14.6 Å². The zero-order valence-electron chi connectivity index (χ0n) is 15.5. The highest BCUT2D eigenvalue weighted by molar-refractivity contribution is 5.23. The van der Waals surface area contributed by atoms with Crippen molar-refractivity contribution in [2.75, 3.05) is 13.1 Å². The molecule has 3 aromatic rings. The fourth-order valence-corrected chi connectivity index (χ4v) is 3.88. The summed E-state index contributed by atoms with van der Waals surface area (Å²) in [6.45, 7) is 3.79. The second kappa shape index (κ2) is 8.46. The van der Waals surface area contributed by atoms with Gasteiger partial charge in [0.05, 0.1) is 18.3 Å². The van der Waals surface area contributed by atoms with E-state index >= 15 is 0 Å². The number of nitrogens with zero attached hydrogens (tertiary/aromatic N) is 4. The first-order chi connectivity index (χ1) is 13.3. The summed E-state index contributed by atoms with van der Waals surface area (Å²) in [6.07, 6.45) is 7.11. The van der Waals surface area contributed by atoms with Crippen LogP contribution in [0.3, 0.4) is 0 Å². The van der Waals surface area contributed by atoms with E-state index in [0.29, 0.717) is 5.92 Å². The van der Waals surface area contributed by atoms with E-state index in [0.717, 1.165) is 44.7 Å². The third-order valence-electron chi connectivity index (χ3n) is 5.37. The van der Waals surface area contributed by atoms with Crippen molar-refractivity contribution in [1.82, 2.24) is 19.7 Å². The lowest BCUT2D eigenvalue weighted by molar-refractivity contribution is 0.0540. The molecule has 2 aromatic heterocycles. The topological polar surface area (TPSA) is 54.2 Å². The number of pyridine rings is 1. The van der Waals surface area contributed by atoms with Crippen molar-refractivity contribution in [3.63, 3.8) is 0 Å². The van der Waals surface area contributed by atoms with E-state index in [1.165, 1.54) is 11.1 Å². The van der Waals surface area contributed by atoms with Gasteiger partial charge in [0.15, 0.2) is 0 Å². The summed E-state index contributed by atoms with van der Waals surface area (Å²) < 4.78 is 1.95. The minimum atomic E-state index is -0.453. The maximum Gasteiger partial charge on any atom is 0.0988 e. The third kappa shape index (κ3) is 4.62. The molecule has 1 aliphatic rings. The van der Waals surface area contributed by atoms with Gasteiger partial charge in [0.25, 0.3) is 0 Å². The Kier molecular flexibility index (Phi) is 5.61. The molecule has 1 N–H and O–H groups in total. The van der Waals surface area contributed by atoms with E-state index < -0.39 is 6.10 Å². The molecule has 1 fully saturated rings. The summed E-state index contributed by atoms with van der Waals surface area (Å²) >= 11 is 0. The van der Waals surface area contributed by atoms with Crippen molar-refractivity contribution >= 4 is 0 Å². The lowest BCUT2D eigenvalue weighted by Gasteiger charge is -2.34. The minimum Gasteiger partial charge on any atom is -0.387 e. The Balaban J connectivity index is 1.31. The lowest BCUT2D eigenvalue weighted by atomic mass is 9.89. The van der Waals surface area contributed by atoms with Crippen LogP contribution in [0.15, 0.2) is 67.1 Å². The van der Waals surface area contributed by atoms with Gasteiger partial charge >= 0.3 is 0 Å². The van der Waals surface area contributed by atoms with Gasteiger partial charge in [-0.05, 0) is 61.2 Å². The molecule has 1 aromatic carbocycles. The number of rotatable bonds is 6. The van der Waals surface area contributed by atoms with E-state index in [1.807, 2.05) is 41.3 Å². The summed E-state index contributed by atoms with van der Waals surface area (Å²) in [5.74, 6) is 0.294. The molecule has 0 aliphatic carbocycles. The Hall–Kier alpha value is -2.50. The average Bonchev–Trinajstić information content (AvgIpc) is 3.22. The highest BCUT2D eigenvalue weighted by Gasteiger charge is 2.26. The number of aliphatic hydroxyl groups is 1. The molecule has 0 amide bonds. The van der Waals surface area contributed by atoms with Gasteiger partial charge in [0.1, 0.15) is 0 Å². The van der Waals surface area contributed by atoms with Gasteiger partial charge in [0.2, 0.25) is 0 Å². The molecule has 140 valence electrons. The first kappa shape index (κ1) is 17.9. The number of aliphatic hydroxyl groups excluding tert-OH is 1. The standard InChI is InChI=1S/C22H26N4O/c27-22(21-7-1-2-10-23-21)20-8-13-25(14-9-20)16-18-5-3-6-19(15-18)17-26-12-4-11-24-26/h1-7,10-12,15,20,22,27H,8-9,13-14,16-17H2. The normalized spacial score (nSPS) is 17.1. The molecule has 0 saturated carbocycles. The van der Waals surface area contributed by atoms with Crippen LogP contribution in [-0.2, 0) is 13.1 Å². The van der Waals surface area contributed by atoms with Gasteiger partial charge in [-0.1, -0.05) is 30.3 Å². The summed E-state index contributed by atoms with van der Waals surface area (Å²) in [4.78, 5) is 6.79. The molecule has 0 bridgehead atoms. The molecule has 1 aliphatic heterocycles. The van der Waals surface area contributed by atoms with Crippen LogP contribution in [0.25, 0.3) is 0 Å². The van der Waals surface area contributed by atoms with Crippen LogP contribution in [0.2, 0.25) is 0 Å². The molecule has 0 radical (unpaired) electrons. The van der Waals surface area contributed by atoms with Gasteiger partial charge in [-0.25, -0.2) is 0 Å². The van der Waals surface area contributed by atoms with Gasteiger partial charge in [0, 0.05) is 25.1 Å². The summed E-state index contributed by atoms with van der Waals surface area (Å²) in [5.41, 5.74) is 3.40. The minimum absolute atomic E-state index is 0.294. The number of likely N-dealkylation sites (tertiary alicyclic amines) is 1. The molecule has 1 atom stereocenters. The Bertz CT molecular complexity index is 827. The third-order valence-corrected chi connectivity index (χ3v) is 5.37. The van der Waals surface area contributed by atoms with E-state index in [-0.39, 0.29) is 0 Å². The van der Waals surface area contributed by atoms with Crippen molar-refractivity contribution in [3.8, 4) is 0 Å². The van der Waals surface area contributed by atoms with Gasteiger partial charge in [-0.15, -0.1) is 0 Å². The number of aromatic nitrogens is 3. The summed E-state index contributed by atoms with van der Waals surface area (Å²) in [7, 11) is 0. The summed E-state index contributed by atoms with van der Waals surface area (Å²) in [6, 6.07) is 16.5. The van der Waals surface area contributed by atoms with E-state index in [9.17, 15) is 5.11 Å². The van der Waals surface area contributed by atoms with E-state index in [4.69, 9.17) is 0 Å². The van der Waals surface area contributed by atoms with E-state index in [1.54, 1.807) is 6.20 Å². The fourth-order valence-electron chi connectivity index (χ4n) is 3.88. The maximum absolute atomic E-state index is 10.6. The Morgan fingerprint density at radius 3 is 2.48 bits per heavy atom. The first-order valence-electron chi connectivity index (χ1n) is 9.64. The van der Waals surface area contributed by atoms with Crippen LogP contribution < -0.4 is 0 Å². The Labute approximate surface area is 160 Å². The predicted octanol–water partition coefficient (Wildman–Crippen LogP) is 3.27. The van der Waals surface area contributed by atoms with Gasteiger partial charge < -0.3 is 5.11 Å². The highest BCUT2D eigenvalue weighted by Crippen LogP contribution is 2.30. The molecule has 1 unspecified atom stereocenters. The zero-order chi connectivity index (χ0) is 18.5. The second-order valence-corrected chi connectivity index (χ2v) is 7.34. The van der Waals surface area contributed by atoms with Crippen molar-refractivity contribution in [2.24, 2.45) is 5.92 Å². The predicted molar refractivity (Wildman–Crippen MR) is 105 cm³/mol. The number of piperidine rings is 1. The number of hydrogen-bond donors (Lipinski definition) is 1. The van der Waals surface area contributed by atoms with Crippen LogP contribution >= 0.6 is 0 Å². The first-order valence-corrected chi connectivity index (χ1v) is 9.64. The molecule has 4 rings (SSSR count). The molecule has 0 spiro atoms. The molecule has 5 nitrogen and oxygen atoms in total. The van der Waals surface area contributed by atoms with Crippen molar-refractivity contribution in [1.29, 1.82) is 0 Å². The quantitative estimate of drug-likeness (QED) is 0.731. The molecular weight excluding hydrogens is 336 g/mol. The van der Waals surface area contributed by atoms with Crippen LogP contribution in [-0.4, -0.2) is 37.9 Å². The lowest BCUT2D eigenvalue weighted by Crippen LogP contribution is -2.35. The van der Waals surface area contributed by atoms with Crippen LogP contribution in [0, 0.1) is 5.92 Å². The maximum atomic E-state index is 10.6. The molecule has 27 heavy (non-hydrogen) atoms. The fraction of sp³-hybridized carbons (Fsp3) is 0.364. The Morgan fingerprint density at radius 1 is 0.963 bits per heavy atom. The van der Waals surface area contributed by atoms with Crippen LogP contribution in [0.5, 0.6) is 0 Å². The monoisotopic (exact) mass is 362 g/mol. The smallest absolute Gasteiger partial charge is 0.0988 e. The molecule has 1 saturated heterocycles. The SMILES string of the molecule is OC(c1ccccn1)C1CCN(Cc2cccc(Cn3cccn3)c2)CC1. The number of hydrogen-bond acceptors (Lipinski definition) is 4. The molecule has 3 heterocycles. The zero-order valence-corrected chi connectivity index (χ0v) is 15.5. The second-order valence-electron chi connectivity index (χ2n) is 7.34. The van der Waals surface area contributed by atoms with Crippen LogP contribution in [0.1, 0.15) is 35.8 Å². The molecular formula is C22H26N4O. The van der Waals surface area contributed by atoms with Crippen LogP contribution in [0.4, 0.5) is 0 Å². The molecule has 5 heteroatoms. The Morgan fingerprint density at radius 2 is 1.78 bits per heavy atom. The van der Waals surface area contributed by atoms with E-state index in [2.05, 4.69) is 39.2 Å². The summed E-state index contributed by atoms with van der Waals surface area (Å²) in [5, 5.41) is 14.9. The largest absolute Gasteiger partial charge is 0.387 e.